The molecule has 1 rings (SSSR count). The summed E-state index contributed by atoms with van der Waals surface area (Å²) in [7, 11) is -3.76. The molecular weight excluding hydrogens is 178 g/mol. The van der Waals surface area contributed by atoms with E-state index in [0.717, 1.165) is 13.1 Å². The molecule has 4 nitrogen and oxygen atoms in total. The molecule has 0 spiro atoms. The molecule has 0 unspecified atom stereocenters. The fourth-order valence-electron chi connectivity index (χ4n) is 1.43. The first-order valence-corrected chi connectivity index (χ1v) is 5.68. The first kappa shape index (κ1) is 9.95. The van der Waals surface area contributed by atoms with Crippen LogP contribution in [-0.4, -0.2) is 42.8 Å². The summed E-state index contributed by atoms with van der Waals surface area (Å²) in [5.74, 6) is 0.0401. The second-order valence-electron chi connectivity index (χ2n) is 3.66. The van der Waals surface area contributed by atoms with Crippen LogP contribution in [0.4, 0.5) is 0 Å². The Kier molecular flexibility index (Phi) is 2.75. The van der Waals surface area contributed by atoms with Gasteiger partial charge in [-0.3, -0.25) is 4.55 Å². The summed E-state index contributed by atoms with van der Waals surface area (Å²) in [6.45, 7) is 5.72. The van der Waals surface area contributed by atoms with Gasteiger partial charge in [-0.1, -0.05) is 0 Å². The zero-order valence-corrected chi connectivity index (χ0v) is 8.21. The van der Waals surface area contributed by atoms with Crippen LogP contribution in [0.25, 0.3) is 0 Å². The van der Waals surface area contributed by atoms with E-state index >= 15 is 0 Å². The standard InChI is InChI=1S/C7H15NO3S/c1-6(2)8-3-7(4-8)5-12(9,10)11/h6-7H,3-5H2,1-2H3,(H,9,10,11). The summed E-state index contributed by atoms with van der Waals surface area (Å²) < 4.78 is 29.4. The predicted octanol–water partition coefficient (Wildman–Crippen LogP) is 0.214. The molecule has 0 aromatic heterocycles. The van der Waals surface area contributed by atoms with Crippen molar-refractivity contribution in [3.63, 3.8) is 0 Å². The molecule has 0 aromatic rings. The summed E-state index contributed by atoms with van der Waals surface area (Å²) in [4.78, 5) is 2.18. The minimum Gasteiger partial charge on any atom is -0.300 e. The fraction of sp³-hybridized carbons (Fsp3) is 1.00. The number of hydrogen-bond acceptors (Lipinski definition) is 3. The number of hydrogen-bond donors (Lipinski definition) is 1. The third-order valence-electron chi connectivity index (χ3n) is 2.16. The zero-order valence-electron chi connectivity index (χ0n) is 7.40. The first-order valence-electron chi connectivity index (χ1n) is 4.07. The Morgan fingerprint density at radius 1 is 1.50 bits per heavy atom. The van der Waals surface area contributed by atoms with E-state index in [1.807, 2.05) is 0 Å². The fourth-order valence-corrected chi connectivity index (χ4v) is 2.24. The van der Waals surface area contributed by atoms with Gasteiger partial charge in [0.05, 0.1) is 5.75 Å². The van der Waals surface area contributed by atoms with Gasteiger partial charge < -0.3 is 4.90 Å². The summed E-state index contributed by atoms with van der Waals surface area (Å²) in [6, 6.07) is 0.475. The van der Waals surface area contributed by atoms with Gasteiger partial charge in [-0.25, -0.2) is 0 Å². The van der Waals surface area contributed by atoms with Crippen molar-refractivity contribution in [2.24, 2.45) is 5.92 Å². The highest BCUT2D eigenvalue weighted by Gasteiger charge is 2.31. The summed E-state index contributed by atoms with van der Waals surface area (Å²) in [5.41, 5.74) is 0. The van der Waals surface area contributed by atoms with Gasteiger partial charge in [-0.15, -0.1) is 0 Å². The van der Waals surface area contributed by atoms with E-state index in [4.69, 9.17) is 4.55 Å². The predicted molar refractivity (Wildman–Crippen MR) is 46.6 cm³/mol. The maximum Gasteiger partial charge on any atom is 0.265 e. The van der Waals surface area contributed by atoms with Crippen molar-refractivity contribution < 1.29 is 13.0 Å². The van der Waals surface area contributed by atoms with Crippen molar-refractivity contribution in [3.05, 3.63) is 0 Å². The van der Waals surface area contributed by atoms with Crippen LogP contribution in [0.2, 0.25) is 0 Å². The molecule has 0 amide bonds. The highest BCUT2D eigenvalue weighted by Crippen LogP contribution is 2.19. The van der Waals surface area contributed by atoms with E-state index in [1.54, 1.807) is 0 Å². The lowest BCUT2D eigenvalue weighted by molar-refractivity contribution is 0.0794. The molecule has 0 radical (unpaired) electrons. The summed E-state index contributed by atoms with van der Waals surface area (Å²) in [6.07, 6.45) is 0. The van der Waals surface area contributed by atoms with Crippen LogP contribution in [0.15, 0.2) is 0 Å². The topological polar surface area (TPSA) is 57.6 Å². The van der Waals surface area contributed by atoms with Crippen molar-refractivity contribution in [3.8, 4) is 0 Å². The summed E-state index contributed by atoms with van der Waals surface area (Å²) >= 11 is 0. The van der Waals surface area contributed by atoms with E-state index in [2.05, 4.69) is 18.7 Å². The molecule has 1 fully saturated rings. The van der Waals surface area contributed by atoms with E-state index in [1.165, 1.54) is 0 Å². The molecule has 72 valence electrons. The lowest BCUT2D eigenvalue weighted by Crippen LogP contribution is -2.52. The molecule has 0 saturated carbocycles. The molecule has 5 heteroatoms. The quantitative estimate of drug-likeness (QED) is 0.651. The maximum atomic E-state index is 10.4. The normalized spacial score (nSPS) is 21.3. The number of rotatable bonds is 3. The van der Waals surface area contributed by atoms with Crippen molar-refractivity contribution in [1.82, 2.24) is 4.90 Å². The Bertz CT molecular complexity index is 241. The molecule has 1 saturated heterocycles. The van der Waals surface area contributed by atoms with Crippen LogP contribution in [0, 0.1) is 5.92 Å². The van der Waals surface area contributed by atoms with E-state index in [-0.39, 0.29) is 11.7 Å². The van der Waals surface area contributed by atoms with Crippen LogP contribution in [-0.2, 0) is 10.1 Å². The third kappa shape index (κ3) is 2.73. The molecule has 1 aliphatic rings. The Morgan fingerprint density at radius 2 is 2.00 bits per heavy atom. The second kappa shape index (κ2) is 3.32. The van der Waals surface area contributed by atoms with Crippen molar-refractivity contribution >= 4 is 10.1 Å². The molecule has 1 heterocycles. The molecule has 0 aromatic carbocycles. The smallest absolute Gasteiger partial charge is 0.265 e. The summed E-state index contributed by atoms with van der Waals surface area (Å²) in [5, 5.41) is 0. The largest absolute Gasteiger partial charge is 0.300 e. The van der Waals surface area contributed by atoms with Crippen LogP contribution >= 0.6 is 0 Å². The van der Waals surface area contributed by atoms with Crippen molar-refractivity contribution in [2.45, 2.75) is 19.9 Å². The highest BCUT2D eigenvalue weighted by molar-refractivity contribution is 7.85. The second-order valence-corrected chi connectivity index (χ2v) is 5.16. The van der Waals surface area contributed by atoms with E-state index < -0.39 is 10.1 Å². The Balaban J connectivity index is 2.27. The molecule has 12 heavy (non-hydrogen) atoms. The van der Waals surface area contributed by atoms with Crippen LogP contribution in [0.3, 0.4) is 0 Å². The average Bonchev–Trinajstić information content (AvgIpc) is 1.74. The molecule has 1 N–H and O–H groups in total. The molecule has 0 bridgehead atoms. The first-order chi connectivity index (χ1) is 5.38. The number of likely N-dealkylation sites (tertiary alicyclic amines) is 1. The van der Waals surface area contributed by atoms with Gasteiger partial charge in [-0.2, -0.15) is 8.42 Å². The molecule has 0 aliphatic carbocycles. The van der Waals surface area contributed by atoms with Gasteiger partial charge in [0.25, 0.3) is 10.1 Å². The number of nitrogens with zero attached hydrogens (tertiary/aromatic N) is 1. The van der Waals surface area contributed by atoms with E-state index in [9.17, 15) is 8.42 Å². The third-order valence-corrected chi connectivity index (χ3v) is 3.05. The van der Waals surface area contributed by atoms with Gasteiger partial charge in [0.15, 0.2) is 0 Å². The molecular formula is C7H15NO3S. The van der Waals surface area contributed by atoms with Crippen LogP contribution in [0.1, 0.15) is 13.8 Å². The van der Waals surface area contributed by atoms with Crippen molar-refractivity contribution in [1.29, 1.82) is 0 Å². The van der Waals surface area contributed by atoms with Gasteiger partial charge >= 0.3 is 0 Å². The SMILES string of the molecule is CC(C)N1CC(CS(=O)(=O)O)C1. The van der Waals surface area contributed by atoms with Gasteiger partial charge in [-0.05, 0) is 13.8 Å². The maximum absolute atomic E-state index is 10.4. The lowest BCUT2D eigenvalue weighted by atomic mass is 10.0. The lowest BCUT2D eigenvalue weighted by Gasteiger charge is -2.41. The zero-order chi connectivity index (χ0) is 9.35. The Hall–Kier alpha value is -0.130. The van der Waals surface area contributed by atoms with Crippen LogP contribution in [0.5, 0.6) is 0 Å². The monoisotopic (exact) mass is 193 g/mol. The Labute approximate surface area is 73.3 Å². The van der Waals surface area contributed by atoms with E-state index in [0.29, 0.717) is 6.04 Å². The van der Waals surface area contributed by atoms with Gasteiger partial charge in [0.2, 0.25) is 0 Å². The van der Waals surface area contributed by atoms with Gasteiger partial charge in [0.1, 0.15) is 0 Å². The minimum atomic E-state index is -3.76. The Morgan fingerprint density at radius 3 is 2.33 bits per heavy atom. The van der Waals surface area contributed by atoms with Crippen molar-refractivity contribution in [2.75, 3.05) is 18.8 Å². The minimum absolute atomic E-state index is 0.0871. The average molecular weight is 193 g/mol. The highest BCUT2D eigenvalue weighted by atomic mass is 32.2. The van der Waals surface area contributed by atoms with Crippen LogP contribution < -0.4 is 0 Å². The molecule has 1 aliphatic heterocycles. The molecule has 0 atom stereocenters. The van der Waals surface area contributed by atoms with Gasteiger partial charge in [0, 0.05) is 25.0 Å².